The zero-order chi connectivity index (χ0) is 13.2. The summed E-state index contributed by atoms with van der Waals surface area (Å²) in [7, 11) is 0. The summed E-state index contributed by atoms with van der Waals surface area (Å²) in [6.45, 7) is 4.06. The Balaban J connectivity index is 1.90. The molecule has 0 aliphatic heterocycles. The van der Waals surface area contributed by atoms with Crippen LogP contribution in [-0.4, -0.2) is 14.5 Å². The van der Waals surface area contributed by atoms with Crippen LogP contribution in [0, 0.1) is 13.8 Å². The molecule has 100 valence electrons. The van der Waals surface area contributed by atoms with Crippen molar-refractivity contribution >= 4 is 11.6 Å². The zero-order valence-corrected chi connectivity index (χ0v) is 11.6. The highest BCUT2D eigenvalue weighted by Gasteiger charge is 2.20. The average Bonchev–Trinajstić information content (AvgIpc) is 3.01. The van der Waals surface area contributed by atoms with E-state index < -0.39 is 0 Å². The minimum absolute atomic E-state index is 0.598. The summed E-state index contributed by atoms with van der Waals surface area (Å²) in [6, 6.07) is 4.59. The molecule has 1 fully saturated rings. The topological polar surface area (TPSA) is 42.7 Å². The van der Waals surface area contributed by atoms with Crippen molar-refractivity contribution < 1.29 is 0 Å². The fourth-order valence-corrected chi connectivity index (χ4v) is 2.81. The van der Waals surface area contributed by atoms with E-state index in [4.69, 9.17) is 0 Å². The second-order valence-corrected chi connectivity index (χ2v) is 5.31. The van der Waals surface area contributed by atoms with Crippen LogP contribution in [0.25, 0.3) is 0 Å². The Morgan fingerprint density at radius 1 is 1.26 bits per heavy atom. The molecule has 2 aromatic rings. The van der Waals surface area contributed by atoms with Gasteiger partial charge in [-0.2, -0.15) is 0 Å². The van der Waals surface area contributed by atoms with Crippen molar-refractivity contribution in [1.82, 2.24) is 14.5 Å². The number of anilines is 2. The van der Waals surface area contributed by atoms with Crippen molar-refractivity contribution in [1.29, 1.82) is 0 Å². The first-order valence-corrected chi connectivity index (χ1v) is 6.98. The van der Waals surface area contributed by atoms with Crippen LogP contribution in [0.1, 0.15) is 43.1 Å². The van der Waals surface area contributed by atoms with Crippen LogP contribution < -0.4 is 5.32 Å². The van der Waals surface area contributed by atoms with E-state index in [-0.39, 0.29) is 0 Å². The molecule has 0 atom stereocenters. The van der Waals surface area contributed by atoms with Gasteiger partial charge < -0.3 is 9.88 Å². The van der Waals surface area contributed by atoms with Crippen molar-refractivity contribution in [3.63, 3.8) is 0 Å². The summed E-state index contributed by atoms with van der Waals surface area (Å²) in [4.78, 5) is 8.93. The van der Waals surface area contributed by atoms with Crippen LogP contribution in [0.15, 0.2) is 24.5 Å². The standard InChI is InChI=1S/C15H20N4/c1-11-10-19(13-6-3-4-7-13)15(17-11)18-14-8-5-9-16-12(14)2/h5,8-10,13H,3-4,6-7H2,1-2H3,(H,17,18). The lowest BCUT2D eigenvalue weighted by Gasteiger charge is -2.16. The Morgan fingerprint density at radius 2 is 2.05 bits per heavy atom. The van der Waals surface area contributed by atoms with Gasteiger partial charge >= 0.3 is 0 Å². The minimum Gasteiger partial charge on any atom is -0.324 e. The molecule has 0 radical (unpaired) electrons. The first kappa shape index (κ1) is 12.2. The van der Waals surface area contributed by atoms with Gasteiger partial charge in [-0.25, -0.2) is 4.98 Å². The highest BCUT2D eigenvalue weighted by molar-refractivity contribution is 5.56. The number of hydrogen-bond donors (Lipinski definition) is 1. The highest BCUT2D eigenvalue weighted by atomic mass is 15.2. The molecule has 3 rings (SSSR count). The Hall–Kier alpha value is -1.84. The summed E-state index contributed by atoms with van der Waals surface area (Å²) >= 11 is 0. The van der Waals surface area contributed by atoms with Gasteiger partial charge in [-0.05, 0) is 38.8 Å². The van der Waals surface area contributed by atoms with Gasteiger partial charge in [0.25, 0.3) is 0 Å². The molecule has 4 nitrogen and oxygen atoms in total. The number of imidazole rings is 1. The third-order valence-electron chi connectivity index (χ3n) is 3.82. The van der Waals surface area contributed by atoms with Crippen LogP contribution in [0.3, 0.4) is 0 Å². The second-order valence-electron chi connectivity index (χ2n) is 5.31. The summed E-state index contributed by atoms with van der Waals surface area (Å²) in [5.41, 5.74) is 3.10. The molecule has 0 aromatic carbocycles. The van der Waals surface area contributed by atoms with E-state index in [0.717, 1.165) is 23.0 Å². The van der Waals surface area contributed by atoms with E-state index in [2.05, 4.69) is 26.0 Å². The number of pyridine rings is 1. The molecule has 0 bridgehead atoms. The highest BCUT2D eigenvalue weighted by Crippen LogP contribution is 2.33. The maximum atomic E-state index is 4.62. The summed E-state index contributed by atoms with van der Waals surface area (Å²) in [6.07, 6.45) is 9.15. The molecule has 1 aliphatic carbocycles. The lowest BCUT2D eigenvalue weighted by Crippen LogP contribution is -2.08. The van der Waals surface area contributed by atoms with Crippen LogP contribution in [-0.2, 0) is 0 Å². The minimum atomic E-state index is 0.598. The molecule has 4 heteroatoms. The smallest absolute Gasteiger partial charge is 0.207 e. The summed E-state index contributed by atoms with van der Waals surface area (Å²) in [5, 5.41) is 3.43. The van der Waals surface area contributed by atoms with E-state index in [1.165, 1.54) is 25.7 Å². The summed E-state index contributed by atoms with van der Waals surface area (Å²) in [5.74, 6) is 0.945. The SMILES string of the molecule is Cc1cn(C2CCCC2)c(Nc2cccnc2C)n1. The van der Waals surface area contributed by atoms with Crippen LogP contribution >= 0.6 is 0 Å². The molecule has 0 amide bonds. The molecular formula is C15H20N4. The predicted molar refractivity (Wildman–Crippen MR) is 76.7 cm³/mol. The van der Waals surface area contributed by atoms with Gasteiger partial charge in [0.1, 0.15) is 0 Å². The van der Waals surface area contributed by atoms with E-state index in [0.29, 0.717) is 6.04 Å². The Kier molecular flexibility index (Phi) is 3.23. The lowest BCUT2D eigenvalue weighted by molar-refractivity contribution is 0.524. The molecule has 0 saturated heterocycles. The maximum Gasteiger partial charge on any atom is 0.207 e. The third kappa shape index (κ3) is 2.48. The molecule has 1 aliphatic rings. The molecule has 1 saturated carbocycles. The first-order chi connectivity index (χ1) is 9.24. The number of aromatic nitrogens is 3. The maximum absolute atomic E-state index is 4.62. The summed E-state index contributed by atoms with van der Waals surface area (Å²) < 4.78 is 2.30. The van der Waals surface area contributed by atoms with E-state index >= 15 is 0 Å². The number of hydrogen-bond acceptors (Lipinski definition) is 3. The molecular weight excluding hydrogens is 236 g/mol. The fourth-order valence-electron chi connectivity index (χ4n) is 2.81. The molecule has 1 N–H and O–H groups in total. The van der Waals surface area contributed by atoms with Crippen LogP contribution in [0.4, 0.5) is 11.6 Å². The van der Waals surface area contributed by atoms with Crippen molar-refractivity contribution in [2.75, 3.05) is 5.32 Å². The van der Waals surface area contributed by atoms with Crippen LogP contribution in [0.5, 0.6) is 0 Å². The van der Waals surface area contributed by atoms with Crippen molar-refractivity contribution in [3.05, 3.63) is 35.9 Å². The van der Waals surface area contributed by atoms with Crippen molar-refractivity contribution in [2.24, 2.45) is 0 Å². The monoisotopic (exact) mass is 256 g/mol. The number of rotatable bonds is 3. The Bertz CT molecular complexity index is 567. The second kappa shape index (κ2) is 5.03. The molecule has 2 aromatic heterocycles. The van der Waals surface area contributed by atoms with Crippen LogP contribution in [0.2, 0.25) is 0 Å². The zero-order valence-electron chi connectivity index (χ0n) is 11.6. The van der Waals surface area contributed by atoms with E-state index in [1.54, 1.807) is 0 Å². The lowest BCUT2D eigenvalue weighted by atomic mass is 10.2. The largest absolute Gasteiger partial charge is 0.324 e. The van der Waals surface area contributed by atoms with Crippen molar-refractivity contribution in [3.8, 4) is 0 Å². The Labute approximate surface area is 113 Å². The van der Waals surface area contributed by atoms with Gasteiger partial charge in [0.2, 0.25) is 5.95 Å². The predicted octanol–water partition coefficient (Wildman–Crippen LogP) is 3.75. The van der Waals surface area contributed by atoms with Gasteiger partial charge in [0.05, 0.1) is 17.1 Å². The van der Waals surface area contributed by atoms with Gasteiger partial charge in [0.15, 0.2) is 0 Å². The number of nitrogens with one attached hydrogen (secondary N) is 1. The quantitative estimate of drug-likeness (QED) is 0.909. The van der Waals surface area contributed by atoms with E-state index in [9.17, 15) is 0 Å². The molecule has 0 spiro atoms. The fraction of sp³-hybridized carbons (Fsp3) is 0.467. The van der Waals surface area contributed by atoms with Gasteiger partial charge in [-0.1, -0.05) is 12.8 Å². The first-order valence-electron chi connectivity index (χ1n) is 6.98. The molecule has 0 unspecified atom stereocenters. The van der Waals surface area contributed by atoms with Gasteiger partial charge in [0, 0.05) is 18.4 Å². The van der Waals surface area contributed by atoms with Crippen molar-refractivity contribution in [2.45, 2.75) is 45.6 Å². The third-order valence-corrected chi connectivity index (χ3v) is 3.82. The normalized spacial score (nSPS) is 15.9. The van der Waals surface area contributed by atoms with Gasteiger partial charge in [-0.15, -0.1) is 0 Å². The Morgan fingerprint density at radius 3 is 2.79 bits per heavy atom. The number of aryl methyl sites for hydroxylation is 2. The van der Waals surface area contributed by atoms with E-state index in [1.807, 2.05) is 32.2 Å². The molecule has 19 heavy (non-hydrogen) atoms. The average molecular weight is 256 g/mol. The van der Waals surface area contributed by atoms with Gasteiger partial charge in [-0.3, -0.25) is 4.98 Å². The number of nitrogens with zero attached hydrogens (tertiary/aromatic N) is 3. The molecule has 2 heterocycles.